The smallest absolute Gasteiger partial charge is 0.0903 e. The Balaban J connectivity index is 2.84. The number of rotatable bonds is 4. The molecule has 4 heteroatoms. The van der Waals surface area contributed by atoms with Crippen molar-refractivity contribution in [3.63, 3.8) is 0 Å². The van der Waals surface area contributed by atoms with Crippen LogP contribution >= 0.6 is 0 Å². The summed E-state index contributed by atoms with van der Waals surface area (Å²) in [5.74, 6) is 0.362. The summed E-state index contributed by atoms with van der Waals surface area (Å²) in [5.41, 5.74) is 7.15. The van der Waals surface area contributed by atoms with Crippen molar-refractivity contribution in [2.75, 3.05) is 18.2 Å². The van der Waals surface area contributed by atoms with Crippen molar-refractivity contribution in [1.82, 2.24) is 0 Å². The Bertz CT molecular complexity index is 341. The van der Waals surface area contributed by atoms with Gasteiger partial charge in [-0.15, -0.1) is 0 Å². The molecule has 0 aliphatic carbocycles. The first-order chi connectivity index (χ1) is 6.66. The predicted octanol–water partition coefficient (Wildman–Crippen LogP) is 2.04. The molecule has 0 bridgehead atoms. The molecule has 2 nitrogen and oxygen atoms in total. The van der Waals surface area contributed by atoms with Gasteiger partial charge in [0.15, 0.2) is 0 Å². The van der Waals surface area contributed by atoms with Crippen molar-refractivity contribution >= 4 is 16.5 Å². The number of nitrogen functional groups attached to an aromatic ring is 1. The van der Waals surface area contributed by atoms with E-state index in [-0.39, 0.29) is 0 Å². The highest BCUT2D eigenvalue weighted by Gasteiger charge is 2.08. The maximum Gasteiger partial charge on any atom is 0.0903 e. The topological polar surface area (TPSA) is 43.1 Å². The molecule has 0 aliphatic heterocycles. The summed E-state index contributed by atoms with van der Waals surface area (Å²) in [4.78, 5) is 0.721. The molecule has 0 aliphatic rings. The van der Waals surface area contributed by atoms with Gasteiger partial charge < -0.3 is 5.73 Å². The Morgan fingerprint density at radius 3 is 2.86 bits per heavy atom. The second kappa shape index (κ2) is 5.10. The maximum atomic E-state index is 11.9. The van der Waals surface area contributed by atoms with Crippen molar-refractivity contribution in [3.8, 4) is 0 Å². The maximum absolute atomic E-state index is 11.9. The minimum absolute atomic E-state index is 0.334. The Hall–Kier alpha value is -0.900. The molecule has 0 fully saturated rings. The zero-order valence-corrected chi connectivity index (χ0v) is 8.94. The number of nitrogens with two attached hydrogens (primary N) is 1. The zero-order chi connectivity index (χ0) is 10.6. The van der Waals surface area contributed by atoms with Crippen LogP contribution in [0.4, 0.5) is 10.1 Å². The molecule has 1 unspecified atom stereocenters. The van der Waals surface area contributed by atoms with E-state index in [4.69, 9.17) is 5.73 Å². The molecule has 1 rings (SSSR count). The number of hydrogen-bond donors (Lipinski definition) is 1. The van der Waals surface area contributed by atoms with E-state index in [2.05, 4.69) is 0 Å². The van der Waals surface area contributed by atoms with Crippen LogP contribution in [0.15, 0.2) is 23.1 Å². The molecule has 0 radical (unpaired) electrons. The van der Waals surface area contributed by atoms with Crippen molar-refractivity contribution in [2.24, 2.45) is 0 Å². The lowest BCUT2D eigenvalue weighted by molar-refractivity contribution is 0.488. The van der Waals surface area contributed by atoms with Gasteiger partial charge in [-0.25, -0.2) is 0 Å². The lowest BCUT2D eigenvalue weighted by Gasteiger charge is -2.06. The van der Waals surface area contributed by atoms with Gasteiger partial charge in [-0.2, -0.15) is 0 Å². The average Bonchev–Trinajstić information content (AvgIpc) is 2.18. The molecule has 0 saturated carbocycles. The van der Waals surface area contributed by atoms with E-state index >= 15 is 0 Å². The van der Waals surface area contributed by atoms with Crippen LogP contribution in [0.25, 0.3) is 0 Å². The van der Waals surface area contributed by atoms with Gasteiger partial charge >= 0.3 is 0 Å². The number of alkyl halides is 1. The third-order valence-corrected chi connectivity index (χ3v) is 3.63. The third kappa shape index (κ3) is 2.54. The summed E-state index contributed by atoms with van der Waals surface area (Å²) < 4.78 is 23.6. The Labute approximate surface area is 85.8 Å². The number of halogens is 1. The summed E-state index contributed by atoms with van der Waals surface area (Å²) in [7, 11) is -1.13. The normalized spacial score (nSPS) is 12.7. The van der Waals surface area contributed by atoms with Crippen molar-refractivity contribution < 1.29 is 8.60 Å². The van der Waals surface area contributed by atoms with Crippen LogP contribution in [0.3, 0.4) is 0 Å². The van der Waals surface area contributed by atoms with E-state index < -0.39 is 17.5 Å². The monoisotopic (exact) mass is 215 g/mol. The van der Waals surface area contributed by atoms with E-state index in [1.807, 2.05) is 6.92 Å². The van der Waals surface area contributed by atoms with Gasteiger partial charge in [0, 0.05) is 16.3 Å². The SMILES string of the molecule is Cc1c(N)cccc1S(=O)CCCF. The highest BCUT2D eigenvalue weighted by atomic mass is 32.2. The Morgan fingerprint density at radius 1 is 1.50 bits per heavy atom. The molecular weight excluding hydrogens is 201 g/mol. The first-order valence-corrected chi connectivity index (χ1v) is 5.78. The first-order valence-electron chi connectivity index (χ1n) is 4.46. The lowest BCUT2D eigenvalue weighted by Crippen LogP contribution is -2.03. The molecular formula is C10H14FNOS. The lowest BCUT2D eigenvalue weighted by atomic mass is 10.2. The van der Waals surface area contributed by atoms with Crippen molar-refractivity contribution in [2.45, 2.75) is 18.2 Å². The summed E-state index contributed by atoms with van der Waals surface area (Å²) in [5, 5.41) is 0. The van der Waals surface area contributed by atoms with E-state index in [1.54, 1.807) is 18.2 Å². The van der Waals surface area contributed by atoms with E-state index in [9.17, 15) is 8.60 Å². The van der Waals surface area contributed by atoms with Crippen LogP contribution in [0.1, 0.15) is 12.0 Å². The largest absolute Gasteiger partial charge is 0.398 e. The van der Waals surface area contributed by atoms with Gasteiger partial charge in [0.05, 0.1) is 17.5 Å². The molecule has 0 aromatic heterocycles. The van der Waals surface area contributed by atoms with Crippen LogP contribution in [-0.4, -0.2) is 16.6 Å². The minimum Gasteiger partial charge on any atom is -0.398 e. The number of hydrogen-bond acceptors (Lipinski definition) is 2. The van der Waals surface area contributed by atoms with Crippen LogP contribution in [0, 0.1) is 6.92 Å². The molecule has 1 atom stereocenters. The standard InChI is InChI=1S/C10H14FNOS/c1-8-9(12)4-2-5-10(8)14(13)7-3-6-11/h2,4-5H,3,6-7,12H2,1H3. The van der Waals surface area contributed by atoms with Gasteiger partial charge in [0.1, 0.15) is 0 Å². The molecule has 14 heavy (non-hydrogen) atoms. The third-order valence-electron chi connectivity index (χ3n) is 2.03. The fourth-order valence-corrected chi connectivity index (χ4v) is 2.45. The fourth-order valence-electron chi connectivity index (χ4n) is 1.17. The fraction of sp³-hybridized carbons (Fsp3) is 0.400. The van der Waals surface area contributed by atoms with Gasteiger partial charge in [-0.3, -0.25) is 8.60 Å². The summed E-state index contributed by atoms with van der Waals surface area (Å²) in [6.45, 7) is 1.41. The van der Waals surface area contributed by atoms with Crippen LogP contribution in [-0.2, 0) is 10.8 Å². The van der Waals surface area contributed by atoms with Gasteiger partial charge in [0.2, 0.25) is 0 Å². The summed E-state index contributed by atoms with van der Waals surface area (Å²) >= 11 is 0. The van der Waals surface area contributed by atoms with Crippen molar-refractivity contribution in [1.29, 1.82) is 0 Å². The average molecular weight is 215 g/mol. The van der Waals surface area contributed by atoms with Gasteiger partial charge in [0.25, 0.3) is 0 Å². The molecule has 2 N–H and O–H groups in total. The minimum atomic E-state index is -1.13. The summed E-state index contributed by atoms with van der Waals surface area (Å²) in [6.07, 6.45) is 0.334. The molecule has 0 amide bonds. The molecule has 0 spiro atoms. The molecule has 1 aromatic rings. The van der Waals surface area contributed by atoms with E-state index in [0.717, 1.165) is 10.5 Å². The van der Waals surface area contributed by atoms with Gasteiger partial charge in [-0.1, -0.05) is 6.07 Å². The van der Waals surface area contributed by atoms with E-state index in [0.29, 0.717) is 17.9 Å². The summed E-state index contributed by atoms with van der Waals surface area (Å²) in [6, 6.07) is 5.32. The second-order valence-corrected chi connectivity index (χ2v) is 4.60. The van der Waals surface area contributed by atoms with Crippen LogP contribution in [0.2, 0.25) is 0 Å². The van der Waals surface area contributed by atoms with Gasteiger partial charge in [-0.05, 0) is 31.0 Å². The molecule has 0 saturated heterocycles. The zero-order valence-electron chi connectivity index (χ0n) is 8.13. The highest BCUT2D eigenvalue weighted by molar-refractivity contribution is 7.85. The first kappa shape index (κ1) is 11.2. The molecule has 78 valence electrons. The number of anilines is 1. The predicted molar refractivity (Wildman–Crippen MR) is 57.5 cm³/mol. The number of benzene rings is 1. The highest BCUT2D eigenvalue weighted by Crippen LogP contribution is 2.19. The molecule has 1 aromatic carbocycles. The second-order valence-electron chi connectivity index (χ2n) is 3.06. The van der Waals surface area contributed by atoms with E-state index in [1.165, 1.54) is 0 Å². The quantitative estimate of drug-likeness (QED) is 0.781. The Morgan fingerprint density at radius 2 is 2.21 bits per heavy atom. The van der Waals surface area contributed by atoms with Crippen LogP contribution < -0.4 is 5.73 Å². The Kier molecular flexibility index (Phi) is 4.07. The van der Waals surface area contributed by atoms with Crippen molar-refractivity contribution in [3.05, 3.63) is 23.8 Å². The van der Waals surface area contributed by atoms with Crippen LogP contribution in [0.5, 0.6) is 0 Å². The molecule has 0 heterocycles.